The molecule has 0 spiro atoms. The molecular formula is C9H12FNO2. The molecule has 1 aliphatic rings. The van der Waals surface area contributed by atoms with Gasteiger partial charge in [-0.25, -0.2) is 0 Å². The van der Waals surface area contributed by atoms with Crippen LogP contribution in [0, 0.1) is 0 Å². The number of hydrogen-bond acceptors (Lipinski definition) is 2. The molecule has 1 amide bonds. The lowest BCUT2D eigenvalue weighted by Gasteiger charge is -2.14. The predicted octanol–water partition coefficient (Wildman–Crippen LogP) is 1.28. The van der Waals surface area contributed by atoms with Gasteiger partial charge < -0.3 is 5.32 Å². The van der Waals surface area contributed by atoms with Crippen LogP contribution in [0.15, 0.2) is 23.8 Å². The minimum absolute atomic E-state index is 0.163. The number of carbonyl (C=O) groups is 1. The van der Waals surface area contributed by atoms with E-state index in [1.807, 2.05) is 18.2 Å². The summed E-state index contributed by atoms with van der Waals surface area (Å²) in [5.74, 6) is 0. The molecule has 1 N–H and O–H groups in total. The number of rotatable bonds is 5. The Morgan fingerprint density at radius 3 is 3.08 bits per heavy atom. The third kappa shape index (κ3) is 2.99. The first-order valence-corrected chi connectivity index (χ1v) is 4.19. The van der Waals surface area contributed by atoms with Gasteiger partial charge in [0.25, 0.3) is 0 Å². The maximum Gasteiger partial charge on any atom is 0.207 e. The molecule has 0 saturated heterocycles. The fraction of sp³-hybridized carbons (Fsp3) is 0.444. The van der Waals surface area contributed by atoms with E-state index in [1.165, 1.54) is 0 Å². The van der Waals surface area contributed by atoms with Crippen molar-refractivity contribution < 1.29 is 14.3 Å². The second kappa shape index (κ2) is 5.48. The summed E-state index contributed by atoms with van der Waals surface area (Å²) in [6, 6.07) is 0. The number of hydrogen-bond donors (Lipinski definition) is 1. The molecule has 1 atom stereocenters. The van der Waals surface area contributed by atoms with Gasteiger partial charge in [-0.1, -0.05) is 18.2 Å². The van der Waals surface area contributed by atoms with E-state index in [4.69, 9.17) is 0 Å². The van der Waals surface area contributed by atoms with Gasteiger partial charge >= 0.3 is 0 Å². The van der Waals surface area contributed by atoms with Gasteiger partial charge in [-0.3, -0.25) is 4.79 Å². The highest BCUT2D eigenvalue weighted by molar-refractivity contribution is 5.46. The van der Waals surface area contributed by atoms with Crippen LogP contribution in [0.5, 0.6) is 0 Å². The molecule has 1 rings (SSSR count). The highest BCUT2D eigenvalue weighted by Gasteiger charge is 2.14. The number of amides is 1. The van der Waals surface area contributed by atoms with E-state index >= 15 is 0 Å². The van der Waals surface area contributed by atoms with Gasteiger partial charge in [-0.05, 0) is 22.9 Å². The van der Waals surface area contributed by atoms with E-state index in [0.717, 1.165) is 18.4 Å². The minimum atomic E-state index is -0.679. The largest absolute Gasteiger partial charge is 0.356 e. The highest BCUT2D eigenvalue weighted by Crippen LogP contribution is 2.15. The summed E-state index contributed by atoms with van der Waals surface area (Å²) in [6.07, 6.45) is 7.41. The Bertz CT molecular complexity index is 226. The van der Waals surface area contributed by atoms with Crippen molar-refractivity contribution in [3.8, 4) is 0 Å². The van der Waals surface area contributed by atoms with Crippen molar-refractivity contribution in [1.82, 2.24) is 5.32 Å². The average Bonchev–Trinajstić information content (AvgIpc) is 2.21. The summed E-state index contributed by atoms with van der Waals surface area (Å²) in [5, 5.41) is 2.38. The molecule has 1 aliphatic carbocycles. The summed E-state index contributed by atoms with van der Waals surface area (Å²) in [5.41, 5.74) is 0.781. The van der Waals surface area contributed by atoms with Gasteiger partial charge in [-0.15, -0.1) is 0 Å². The van der Waals surface area contributed by atoms with Crippen LogP contribution >= 0.6 is 0 Å². The van der Waals surface area contributed by atoms with E-state index in [2.05, 4.69) is 10.3 Å². The number of allylic oxidation sites excluding steroid dienone is 2. The fourth-order valence-electron chi connectivity index (χ4n) is 1.23. The van der Waals surface area contributed by atoms with E-state index in [1.54, 1.807) is 0 Å². The van der Waals surface area contributed by atoms with Gasteiger partial charge in [0.15, 0.2) is 0 Å². The molecule has 3 nitrogen and oxygen atoms in total. The van der Waals surface area contributed by atoms with Crippen molar-refractivity contribution in [2.75, 3.05) is 6.54 Å². The van der Waals surface area contributed by atoms with Crippen LogP contribution in [-0.4, -0.2) is 19.1 Å². The maximum absolute atomic E-state index is 12.0. The molecule has 13 heavy (non-hydrogen) atoms. The van der Waals surface area contributed by atoms with Crippen LogP contribution in [0.1, 0.15) is 12.8 Å². The number of nitrogens with one attached hydrogen (secondary N) is 1. The van der Waals surface area contributed by atoms with Crippen molar-refractivity contribution in [2.45, 2.75) is 18.9 Å². The third-order valence-electron chi connectivity index (χ3n) is 1.89. The van der Waals surface area contributed by atoms with Gasteiger partial charge in [0, 0.05) is 0 Å². The quantitative estimate of drug-likeness (QED) is 0.655. The molecule has 0 bridgehead atoms. The standard InChI is InChI=1S/C9H12FNO2/c10-13-9(6-11-7-12)8-4-2-1-3-5-8/h2,4-5,7,9H,1,3,6H2,(H,11,12). The van der Waals surface area contributed by atoms with Crippen LogP contribution in [0.3, 0.4) is 0 Å². The fourth-order valence-corrected chi connectivity index (χ4v) is 1.23. The Hall–Kier alpha value is -1.16. The maximum atomic E-state index is 12.0. The summed E-state index contributed by atoms with van der Waals surface area (Å²) in [7, 11) is 0. The summed E-state index contributed by atoms with van der Waals surface area (Å²) in [6.45, 7) is 0.163. The molecular weight excluding hydrogens is 173 g/mol. The first-order chi connectivity index (χ1) is 6.38. The smallest absolute Gasteiger partial charge is 0.207 e. The Morgan fingerprint density at radius 1 is 1.69 bits per heavy atom. The Morgan fingerprint density at radius 2 is 2.54 bits per heavy atom. The lowest BCUT2D eigenvalue weighted by Crippen LogP contribution is -2.28. The molecule has 0 fully saturated rings. The highest BCUT2D eigenvalue weighted by atomic mass is 19.3. The Balaban J connectivity index is 2.49. The molecule has 0 aliphatic heterocycles. The van der Waals surface area contributed by atoms with Gasteiger partial charge in [0.05, 0.1) is 6.54 Å². The third-order valence-corrected chi connectivity index (χ3v) is 1.89. The zero-order chi connectivity index (χ0) is 9.52. The predicted molar refractivity (Wildman–Crippen MR) is 46.5 cm³/mol. The topological polar surface area (TPSA) is 38.3 Å². The van der Waals surface area contributed by atoms with Crippen LogP contribution in [0.25, 0.3) is 0 Å². The van der Waals surface area contributed by atoms with Gasteiger partial charge in [0.2, 0.25) is 6.41 Å². The van der Waals surface area contributed by atoms with Crippen molar-refractivity contribution in [3.05, 3.63) is 23.8 Å². The van der Waals surface area contributed by atoms with E-state index < -0.39 is 6.10 Å². The van der Waals surface area contributed by atoms with Crippen LogP contribution < -0.4 is 5.32 Å². The SMILES string of the molecule is O=CNCC(OF)C1=CCCC=C1. The zero-order valence-corrected chi connectivity index (χ0v) is 7.20. The molecule has 0 radical (unpaired) electrons. The lowest BCUT2D eigenvalue weighted by atomic mass is 10.0. The second-order valence-corrected chi connectivity index (χ2v) is 2.79. The summed E-state index contributed by atoms with van der Waals surface area (Å²) in [4.78, 5) is 13.7. The minimum Gasteiger partial charge on any atom is -0.356 e. The summed E-state index contributed by atoms with van der Waals surface area (Å²) >= 11 is 0. The van der Waals surface area contributed by atoms with Crippen molar-refractivity contribution in [1.29, 1.82) is 0 Å². The zero-order valence-electron chi connectivity index (χ0n) is 7.20. The lowest BCUT2D eigenvalue weighted by molar-refractivity contribution is -0.163. The normalized spacial score (nSPS) is 17.8. The van der Waals surface area contributed by atoms with Gasteiger partial charge in [0.1, 0.15) is 6.10 Å². The first kappa shape index (κ1) is 9.92. The number of halogens is 1. The first-order valence-electron chi connectivity index (χ1n) is 4.19. The molecule has 0 aromatic carbocycles. The van der Waals surface area contributed by atoms with E-state index in [-0.39, 0.29) is 6.54 Å². The van der Waals surface area contributed by atoms with Crippen LogP contribution in [-0.2, 0) is 9.74 Å². The van der Waals surface area contributed by atoms with E-state index in [9.17, 15) is 9.32 Å². The second-order valence-electron chi connectivity index (χ2n) is 2.79. The summed E-state index contributed by atoms with van der Waals surface area (Å²) < 4.78 is 12.0. The monoisotopic (exact) mass is 185 g/mol. The number of carbonyl (C=O) groups excluding carboxylic acids is 1. The molecule has 0 aromatic rings. The van der Waals surface area contributed by atoms with Crippen molar-refractivity contribution in [2.24, 2.45) is 0 Å². The molecule has 4 heteroatoms. The van der Waals surface area contributed by atoms with E-state index in [0.29, 0.717) is 6.41 Å². The molecule has 0 saturated carbocycles. The molecule has 72 valence electrons. The molecule has 0 aromatic heterocycles. The van der Waals surface area contributed by atoms with Crippen LogP contribution in [0.2, 0.25) is 0 Å². The molecule has 0 heterocycles. The molecule has 1 unspecified atom stereocenters. The van der Waals surface area contributed by atoms with Crippen molar-refractivity contribution >= 4 is 6.41 Å². The Labute approximate surface area is 76.2 Å². The van der Waals surface area contributed by atoms with Crippen LogP contribution in [0.4, 0.5) is 4.53 Å². The average molecular weight is 185 g/mol. The Kier molecular flexibility index (Phi) is 4.18. The van der Waals surface area contributed by atoms with Gasteiger partial charge in [-0.2, -0.15) is 4.94 Å². The van der Waals surface area contributed by atoms with Crippen molar-refractivity contribution in [3.63, 3.8) is 0 Å².